The summed E-state index contributed by atoms with van der Waals surface area (Å²) in [5, 5.41) is 9.40. The van der Waals surface area contributed by atoms with E-state index >= 15 is 0 Å². The highest BCUT2D eigenvalue weighted by atomic mass is 32.2. The van der Waals surface area contributed by atoms with E-state index in [-0.39, 0.29) is 11.7 Å². The van der Waals surface area contributed by atoms with Gasteiger partial charge in [-0.05, 0) is 30.7 Å². The van der Waals surface area contributed by atoms with Gasteiger partial charge in [0.15, 0.2) is 4.34 Å². The number of phenolic OH excluding ortho intramolecular Hbond substituents is 1. The second-order valence-electron chi connectivity index (χ2n) is 5.29. The number of methoxy groups -OCH3 is 1. The van der Waals surface area contributed by atoms with E-state index in [0.29, 0.717) is 12.8 Å². The maximum absolute atomic E-state index is 11.5. The quantitative estimate of drug-likeness (QED) is 0.632. The first kappa shape index (κ1) is 17.5. The summed E-state index contributed by atoms with van der Waals surface area (Å²) in [6, 6.07) is 17.0. The molecule has 25 heavy (non-hydrogen) atoms. The van der Waals surface area contributed by atoms with Crippen molar-refractivity contribution < 1.29 is 14.6 Å². The second kappa shape index (κ2) is 8.18. The Morgan fingerprint density at radius 2 is 1.88 bits per heavy atom. The van der Waals surface area contributed by atoms with Crippen LogP contribution in [0.4, 0.5) is 0 Å². The van der Waals surface area contributed by atoms with E-state index in [4.69, 9.17) is 9.72 Å². The van der Waals surface area contributed by atoms with Gasteiger partial charge < -0.3 is 9.84 Å². The number of hydrogen-bond acceptors (Lipinski definition) is 6. The summed E-state index contributed by atoms with van der Waals surface area (Å²) in [6.07, 6.45) is 0.937. The average molecular weight is 371 g/mol. The summed E-state index contributed by atoms with van der Waals surface area (Å²) >= 11 is 3.13. The lowest BCUT2D eigenvalue weighted by Crippen LogP contribution is -2.01. The largest absolute Gasteiger partial charge is 0.508 e. The molecule has 4 nitrogen and oxygen atoms in total. The molecule has 0 spiro atoms. The fourth-order valence-electron chi connectivity index (χ4n) is 2.30. The third-order valence-corrected chi connectivity index (χ3v) is 5.73. The molecule has 1 N–H and O–H groups in total. The smallest absolute Gasteiger partial charge is 0.305 e. The van der Waals surface area contributed by atoms with Gasteiger partial charge in [0.25, 0.3) is 0 Å². The maximum Gasteiger partial charge on any atom is 0.305 e. The van der Waals surface area contributed by atoms with Crippen LogP contribution in [0.15, 0.2) is 63.8 Å². The van der Waals surface area contributed by atoms with Gasteiger partial charge in [-0.1, -0.05) is 42.1 Å². The molecule has 6 heteroatoms. The number of aryl methyl sites for hydroxylation is 1. The van der Waals surface area contributed by atoms with Crippen molar-refractivity contribution in [3.05, 3.63) is 59.5 Å². The van der Waals surface area contributed by atoms with Crippen molar-refractivity contribution in [1.29, 1.82) is 0 Å². The van der Waals surface area contributed by atoms with Crippen molar-refractivity contribution in [2.45, 2.75) is 22.1 Å². The number of phenols is 1. The lowest BCUT2D eigenvalue weighted by atomic mass is 10.1. The number of esters is 1. The Hall–Kier alpha value is -2.31. The molecule has 1 heterocycles. The van der Waals surface area contributed by atoms with Gasteiger partial charge in [0, 0.05) is 15.3 Å². The van der Waals surface area contributed by atoms with E-state index in [1.54, 1.807) is 35.2 Å². The summed E-state index contributed by atoms with van der Waals surface area (Å²) in [5.41, 5.74) is 1.95. The molecule has 3 aromatic rings. The number of aromatic nitrogens is 1. The van der Waals surface area contributed by atoms with Gasteiger partial charge >= 0.3 is 5.97 Å². The zero-order valence-electron chi connectivity index (χ0n) is 13.6. The highest BCUT2D eigenvalue weighted by Crippen LogP contribution is 2.37. The third-order valence-electron chi connectivity index (χ3n) is 3.55. The Balaban J connectivity index is 1.88. The lowest BCUT2D eigenvalue weighted by Gasteiger charge is -2.01. The molecular formula is C19H17NO3S2. The first-order valence-corrected chi connectivity index (χ1v) is 9.38. The molecular weight excluding hydrogens is 354 g/mol. The van der Waals surface area contributed by atoms with Gasteiger partial charge in [-0.25, -0.2) is 4.98 Å². The number of carbonyl (C=O) groups excluding carboxylic acids is 1. The lowest BCUT2D eigenvalue weighted by molar-refractivity contribution is -0.140. The monoisotopic (exact) mass is 371 g/mol. The zero-order valence-corrected chi connectivity index (χ0v) is 15.3. The van der Waals surface area contributed by atoms with Crippen LogP contribution in [-0.4, -0.2) is 23.2 Å². The number of aromatic hydroxyl groups is 1. The average Bonchev–Trinajstić information content (AvgIpc) is 3.05. The van der Waals surface area contributed by atoms with Crippen molar-refractivity contribution in [2.75, 3.05) is 7.11 Å². The van der Waals surface area contributed by atoms with Crippen molar-refractivity contribution in [2.24, 2.45) is 0 Å². The Labute approximate surface area is 154 Å². The normalized spacial score (nSPS) is 10.6. The minimum atomic E-state index is -0.222. The van der Waals surface area contributed by atoms with E-state index < -0.39 is 0 Å². The Morgan fingerprint density at radius 3 is 2.56 bits per heavy atom. The van der Waals surface area contributed by atoms with Crippen LogP contribution in [0.3, 0.4) is 0 Å². The number of thiazole rings is 1. The predicted molar refractivity (Wildman–Crippen MR) is 100 cm³/mol. The molecule has 0 saturated carbocycles. The number of rotatable bonds is 6. The molecule has 0 atom stereocenters. The number of ether oxygens (including phenoxy) is 1. The van der Waals surface area contributed by atoms with E-state index in [1.165, 1.54) is 7.11 Å². The number of hydrogen-bond donors (Lipinski definition) is 1. The molecule has 0 aliphatic rings. The molecule has 1 aromatic heterocycles. The minimum absolute atomic E-state index is 0.222. The van der Waals surface area contributed by atoms with Crippen LogP contribution in [0.1, 0.15) is 11.3 Å². The van der Waals surface area contributed by atoms with Crippen LogP contribution >= 0.6 is 23.1 Å². The first-order chi connectivity index (χ1) is 12.2. The molecule has 0 unspecified atom stereocenters. The molecule has 0 aliphatic carbocycles. The number of nitrogens with zero attached hydrogens (tertiary/aromatic N) is 1. The summed E-state index contributed by atoms with van der Waals surface area (Å²) < 4.78 is 5.65. The summed E-state index contributed by atoms with van der Waals surface area (Å²) in [7, 11) is 1.40. The second-order valence-corrected chi connectivity index (χ2v) is 7.69. The summed E-state index contributed by atoms with van der Waals surface area (Å²) in [5.74, 6) is 0.0207. The highest BCUT2D eigenvalue weighted by molar-refractivity contribution is 8.01. The Morgan fingerprint density at radius 1 is 1.16 bits per heavy atom. The Bertz CT molecular complexity index is 845. The van der Waals surface area contributed by atoms with Gasteiger partial charge in [-0.15, -0.1) is 11.3 Å². The molecule has 3 rings (SSSR count). The number of carbonyl (C=O) groups is 1. The SMILES string of the molecule is COC(=O)CCc1sc(Sc2ccc(O)cc2)nc1-c1ccccc1. The molecule has 0 bridgehead atoms. The zero-order chi connectivity index (χ0) is 17.6. The molecule has 0 fully saturated rings. The standard InChI is InChI=1S/C19H17NO3S2/c1-23-17(22)12-11-16-18(13-5-3-2-4-6-13)20-19(25-16)24-15-9-7-14(21)8-10-15/h2-10,21H,11-12H2,1H3. The van der Waals surface area contributed by atoms with Gasteiger partial charge in [-0.2, -0.15) is 0 Å². The van der Waals surface area contributed by atoms with Crippen LogP contribution in [0.25, 0.3) is 11.3 Å². The van der Waals surface area contributed by atoms with Gasteiger partial charge in [0.1, 0.15) is 5.75 Å². The van der Waals surface area contributed by atoms with E-state index in [2.05, 4.69) is 0 Å². The van der Waals surface area contributed by atoms with Crippen LogP contribution in [0.2, 0.25) is 0 Å². The summed E-state index contributed by atoms with van der Waals surface area (Å²) in [6.45, 7) is 0. The van der Waals surface area contributed by atoms with Gasteiger partial charge in [-0.3, -0.25) is 4.79 Å². The van der Waals surface area contributed by atoms with E-state index in [9.17, 15) is 9.90 Å². The molecule has 0 aliphatic heterocycles. The highest BCUT2D eigenvalue weighted by Gasteiger charge is 2.15. The van der Waals surface area contributed by atoms with E-state index in [1.807, 2.05) is 42.5 Å². The van der Waals surface area contributed by atoms with Crippen molar-refractivity contribution in [3.8, 4) is 17.0 Å². The molecule has 0 saturated heterocycles. The maximum atomic E-state index is 11.5. The van der Waals surface area contributed by atoms with Crippen molar-refractivity contribution >= 4 is 29.1 Å². The van der Waals surface area contributed by atoms with Crippen LogP contribution in [0, 0.1) is 0 Å². The third kappa shape index (κ3) is 4.61. The predicted octanol–water partition coefficient (Wildman–Crippen LogP) is 4.77. The van der Waals surface area contributed by atoms with Gasteiger partial charge in [0.2, 0.25) is 0 Å². The van der Waals surface area contributed by atoms with Crippen LogP contribution in [0.5, 0.6) is 5.75 Å². The van der Waals surface area contributed by atoms with E-state index in [0.717, 1.165) is 25.4 Å². The van der Waals surface area contributed by atoms with Gasteiger partial charge in [0.05, 0.1) is 19.2 Å². The molecule has 0 amide bonds. The molecule has 128 valence electrons. The fourth-order valence-corrected chi connectivity index (χ4v) is 4.48. The summed E-state index contributed by atoms with van der Waals surface area (Å²) in [4.78, 5) is 18.3. The first-order valence-electron chi connectivity index (χ1n) is 7.74. The van der Waals surface area contributed by atoms with Crippen molar-refractivity contribution in [3.63, 3.8) is 0 Å². The topological polar surface area (TPSA) is 59.4 Å². The number of benzene rings is 2. The van der Waals surface area contributed by atoms with Crippen LogP contribution in [-0.2, 0) is 16.0 Å². The van der Waals surface area contributed by atoms with Crippen molar-refractivity contribution in [1.82, 2.24) is 4.98 Å². The fraction of sp³-hybridized carbons (Fsp3) is 0.158. The minimum Gasteiger partial charge on any atom is -0.508 e. The molecule has 2 aromatic carbocycles. The molecule has 0 radical (unpaired) electrons. The van der Waals surface area contributed by atoms with Crippen LogP contribution < -0.4 is 0 Å². The Kier molecular flexibility index (Phi) is 5.73.